The number of benzene rings is 3. The van der Waals surface area contributed by atoms with E-state index in [4.69, 9.17) is 19.3 Å². The first-order valence-corrected chi connectivity index (χ1v) is 10.3. The molecule has 0 aromatic heterocycles. The van der Waals surface area contributed by atoms with Crippen LogP contribution in [0.25, 0.3) is 17.9 Å². The summed E-state index contributed by atoms with van der Waals surface area (Å²) in [5, 5.41) is 11.2. The Kier molecular flexibility index (Phi) is 6.68. The van der Waals surface area contributed by atoms with Gasteiger partial charge in [0.05, 0.1) is 6.26 Å². The van der Waals surface area contributed by atoms with Crippen LogP contribution in [0.1, 0.15) is 11.1 Å². The number of hydrogen-bond acceptors (Lipinski definition) is 4. The average molecular weight is 428 g/mol. The van der Waals surface area contributed by atoms with Gasteiger partial charge < -0.3 is 19.3 Å². The number of ether oxygens (including phenoxy) is 3. The van der Waals surface area contributed by atoms with E-state index in [9.17, 15) is 4.79 Å². The highest BCUT2D eigenvalue weighted by molar-refractivity contribution is 5.91. The van der Waals surface area contributed by atoms with Crippen molar-refractivity contribution in [3.63, 3.8) is 0 Å². The van der Waals surface area contributed by atoms with Crippen LogP contribution in [0.15, 0.2) is 78.9 Å². The Labute approximate surface area is 186 Å². The van der Waals surface area contributed by atoms with Gasteiger partial charge in [-0.15, -0.1) is 0 Å². The Morgan fingerprint density at radius 3 is 2.47 bits per heavy atom. The van der Waals surface area contributed by atoms with Crippen LogP contribution in [0.5, 0.6) is 11.5 Å². The van der Waals surface area contributed by atoms with Gasteiger partial charge in [-0.3, -0.25) is 0 Å². The number of hydrogen-bond donors (Lipinski definition) is 1. The second-order valence-electron chi connectivity index (χ2n) is 7.39. The number of carbonyl (C=O) groups is 1. The number of rotatable bonds is 7. The fourth-order valence-corrected chi connectivity index (χ4v) is 3.53. The van der Waals surface area contributed by atoms with E-state index in [1.807, 2.05) is 72.8 Å². The maximum absolute atomic E-state index is 11.1. The third-order valence-electron chi connectivity index (χ3n) is 5.28. The van der Waals surface area contributed by atoms with Crippen molar-refractivity contribution in [1.29, 1.82) is 0 Å². The lowest BCUT2D eigenvalue weighted by atomic mass is 10.0. The maximum Gasteiger partial charge on any atom is 0.333 e. The molecule has 5 heteroatoms. The molecule has 0 saturated heterocycles. The van der Waals surface area contributed by atoms with Crippen molar-refractivity contribution in [3.8, 4) is 11.5 Å². The van der Waals surface area contributed by atoms with Gasteiger partial charge in [0, 0.05) is 24.3 Å². The Bertz CT molecular complexity index is 1240. The number of methoxy groups -OCH3 is 1. The summed E-state index contributed by atoms with van der Waals surface area (Å²) < 4.78 is 16.9. The van der Waals surface area contributed by atoms with Crippen LogP contribution >= 0.6 is 0 Å². The van der Waals surface area contributed by atoms with Gasteiger partial charge in [0.2, 0.25) is 0 Å². The molecule has 0 spiro atoms. The minimum Gasteiger partial charge on any atom is -0.490 e. The quantitative estimate of drug-likeness (QED) is 0.625. The van der Waals surface area contributed by atoms with Crippen molar-refractivity contribution in [1.82, 2.24) is 0 Å². The minimum atomic E-state index is -0.974. The van der Waals surface area contributed by atoms with Crippen LogP contribution in [-0.4, -0.2) is 30.9 Å². The van der Waals surface area contributed by atoms with Gasteiger partial charge in [-0.1, -0.05) is 54.6 Å². The van der Waals surface area contributed by atoms with Crippen LogP contribution < -0.4 is 19.9 Å². The van der Waals surface area contributed by atoms with E-state index in [1.165, 1.54) is 7.11 Å². The van der Waals surface area contributed by atoms with Crippen LogP contribution in [-0.2, 0) is 16.0 Å². The lowest BCUT2D eigenvalue weighted by molar-refractivity contribution is -0.148. The zero-order chi connectivity index (χ0) is 22.3. The minimum absolute atomic E-state index is 0.304. The molecule has 1 unspecified atom stereocenters. The van der Waals surface area contributed by atoms with Crippen molar-refractivity contribution in [3.05, 3.63) is 100 Å². The number of aliphatic carboxylic acids is 1. The normalized spacial score (nSPS) is 14.5. The fraction of sp³-hybridized carbons (Fsp3) is 0.148. The number of allylic oxidation sites excluding steroid dienone is 1. The molecule has 0 aliphatic carbocycles. The van der Waals surface area contributed by atoms with Crippen molar-refractivity contribution < 1.29 is 24.1 Å². The maximum atomic E-state index is 11.1. The van der Waals surface area contributed by atoms with Gasteiger partial charge in [-0.05, 0) is 46.7 Å². The number of carboxylic acid groups (broad SMARTS) is 1. The molecule has 3 aromatic rings. The van der Waals surface area contributed by atoms with Gasteiger partial charge in [0.25, 0.3) is 0 Å². The van der Waals surface area contributed by atoms with E-state index in [0.717, 1.165) is 32.9 Å². The van der Waals surface area contributed by atoms with Crippen molar-refractivity contribution in [2.75, 3.05) is 13.7 Å². The van der Waals surface area contributed by atoms with Crippen LogP contribution in [0, 0.1) is 0 Å². The summed E-state index contributed by atoms with van der Waals surface area (Å²) in [6.07, 6.45) is 5.39. The molecule has 0 fully saturated rings. The fourth-order valence-electron chi connectivity index (χ4n) is 3.53. The second-order valence-corrected chi connectivity index (χ2v) is 7.39. The van der Waals surface area contributed by atoms with Crippen LogP contribution in [0.4, 0.5) is 0 Å². The largest absolute Gasteiger partial charge is 0.490 e. The molecule has 1 heterocycles. The molecule has 0 amide bonds. The smallest absolute Gasteiger partial charge is 0.333 e. The monoisotopic (exact) mass is 428 g/mol. The molecule has 1 atom stereocenters. The highest BCUT2D eigenvalue weighted by Crippen LogP contribution is 2.28. The van der Waals surface area contributed by atoms with Crippen molar-refractivity contribution >= 4 is 23.9 Å². The molecule has 1 N–H and O–H groups in total. The molecule has 4 rings (SSSR count). The van der Waals surface area contributed by atoms with Gasteiger partial charge >= 0.3 is 5.97 Å². The first-order chi connectivity index (χ1) is 15.6. The number of carboxylic acids is 1. The van der Waals surface area contributed by atoms with E-state index in [0.29, 0.717) is 18.8 Å². The van der Waals surface area contributed by atoms with Crippen LogP contribution in [0.2, 0.25) is 0 Å². The molecule has 32 heavy (non-hydrogen) atoms. The van der Waals surface area contributed by atoms with E-state index in [1.54, 1.807) is 6.26 Å². The Morgan fingerprint density at radius 1 is 1.00 bits per heavy atom. The molecular formula is C27H24O5. The zero-order valence-electron chi connectivity index (χ0n) is 17.7. The first kappa shape index (κ1) is 21.4. The predicted molar refractivity (Wildman–Crippen MR) is 124 cm³/mol. The Hall–Kier alpha value is -3.83. The summed E-state index contributed by atoms with van der Waals surface area (Å²) in [5.41, 5.74) is 2.89. The van der Waals surface area contributed by atoms with E-state index < -0.39 is 12.1 Å². The van der Waals surface area contributed by atoms with Crippen molar-refractivity contribution in [2.45, 2.75) is 12.5 Å². The molecule has 1 aliphatic heterocycles. The van der Waals surface area contributed by atoms with Crippen LogP contribution in [0.3, 0.4) is 0 Å². The third-order valence-corrected chi connectivity index (χ3v) is 5.28. The summed E-state index contributed by atoms with van der Waals surface area (Å²) >= 11 is 0. The molecule has 0 saturated carbocycles. The van der Waals surface area contributed by atoms with Gasteiger partial charge in [-0.25, -0.2) is 4.79 Å². The molecule has 3 aromatic carbocycles. The SMILES string of the molecule is COC(Cc1ccc(OCC=C2C=c3ccccc3=COc3ccccc32)cc1)C(=O)O. The molecular weight excluding hydrogens is 404 g/mol. The van der Waals surface area contributed by atoms with E-state index >= 15 is 0 Å². The molecule has 0 bridgehead atoms. The Morgan fingerprint density at radius 2 is 1.72 bits per heavy atom. The molecule has 1 aliphatic rings. The highest BCUT2D eigenvalue weighted by atomic mass is 16.5. The van der Waals surface area contributed by atoms with Crippen molar-refractivity contribution in [2.24, 2.45) is 0 Å². The standard InChI is InChI=1S/C27H24O5/c1-30-26(27(28)29)16-19-10-12-23(13-11-19)31-15-14-21-17-20-6-2-3-7-22(20)18-32-25-9-5-4-8-24(21)25/h2-14,17-18,26H,15-16H2,1H3,(H,28,29). The summed E-state index contributed by atoms with van der Waals surface area (Å²) in [5.74, 6) is 0.525. The predicted octanol–water partition coefficient (Wildman–Crippen LogP) is 3.40. The number of fused-ring (bicyclic) bond motifs is 2. The molecule has 0 radical (unpaired) electrons. The third kappa shape index (κ3) is 5.07. The molecule has 162 valence electrons. The van der Waals surface area contributed by atoms with Gasteiger partial charge in [-0.2, -0.15) is 0 Å². The average Bonchev–Trinajstić information content (AvgIpc) is 2.81. The first-order valence-electron chi connectivity index (χ1n) is 10.3. The lowest BCUT2D eigenvalue weighted by Crippen LogP contribution is -2.25. The highest BCUT2D eigenvalue weighted by Gasteiger charge is 2.16. The second kappa shape index (κ2) is 9.98. The zero-order valence-corrected chi connectivity index (χ0v) is 17.7. The molecule has 5 nitrogen and oxygen atoms in total. The number of para-hydroxylation sites is 1. The lowest BCUT2D eigenvalue weighted by Gasteiger charge is -2.13. The summed E-state index contributed by atoms with van der Waals surface area (Å²) in [4.78, 5) is 11.1. The summed E-state index contributed by atoms with van der Waals surface area (Å²) in [7, 11) is 1.40. The van der Waals surface area contributed by atoms with E-state index in [2.05, 4.69) is 12.1 Å². The van der Waals surface area contributed by atoms with Gasteiger partial charge in [0.1, 0.15) is 18.1 Å². The van der Waals surface area contributed by atoms with E-state index in [-0.39, 0.29) is 0 Å². The van der Waals surface area contributed by atoms with Gasteiger partial charge in [0.15, 0.2) is 6.10 Å². The summed E-state index contributed by atoms with van der Waals surface area (Å²) in [6, 6.07) is 23.4. The topological polar surface area (TPSA) is 65.0 Å². The Balaban J connectivity index is 1.53. The summed E-state index contributed by atoms with van der Waals surface area (Å²) in [6.45, 7) is 0.376.